The fraction of sp³-hybridized carbons (Fsp3) is 0.556. The third-order valence-electron chi connectivity index (χ3n) is 4.75. The Kier molecular flexibility index (Phi) is 5.65. The molecule has 1 aliphatic heterocycles. The molecule has 1 aromatic carbocycles. The summed E-state index contributed by atoms with van der Waals surface area (Å²) in [6.45, 7) is 11.5. The van der Waals surface area contributed by atoms with Crippen LogP contribution in [0.2, 0.25) is 0 Å². The summed E-state index contributed by atoms with van der Waals surface area (Å²) in [5.74, 6) is 0.943. The van der Waals surface area contributed by atoms with Gasteiger partial charge in [0.1, 0.15) is 5.82 Å². The van der Waals surface area contributed by atoms with Gasteiger partial charge < -0.3 is 19.6 Å². The van der Waals surface area contributed by atoms with Crippen LogP contribution < -0.4 is 10.2 Å². The number of piperazine rings is 1. The van der Waals surface area contributed by atoms with Crippen LogP contribution in [-0.2, 0) is 6.54 Å². The zero-order valence-corrected chi connectivity index (χ0v) is 15.1. The fourth-order valence-electron chi connectivity index (χ4n) is 3.23. The van der Waals surface area contributed by atoms with Crippen LogP contribution >= 0.6 is 0 Å². The molecule has 1 atom stereocenters. The topological polar surface area (TPSA) is 57.4 Å². The standard InChI is InChI=1S/C18H26FN5O/c1-4-23-7-9-24(10-8-23)17-6-5-15(19)11-16(17)13(2)20-12-18-21-14(3)25-22-18/h5-6,11,13,20H,4,7-10,12H2,1-3H3/t13-/m1/s1. The molecule has 7 heteroatoms. The van der Waals surface area contributed by atoms with Crippen LogP contribution in [0.25, 0.3) is 0 Å². The zero-order valence-electron chi connectivity index (χ0n) is 15.1. The van der Waals surface area contributed by atoms with Gasteiger partial charge in [0.15, 0.2) is 5.82 Å². The molecule has 0 bridgehead atoms. The second-order valence-corrected chi connectivity index (χ2v) is 6.46. The van der Waals surface area contributed by atoms with Crippen LogP contribution in [0.3, 0.4) is 0 Å². The zero-order chi connectivity index (χ0) is 17.8. The fourth-order valence-corrected chi connectivity index (χ4v) is 3.23. The van der Waals surface area contributed by atoms with E-state index in [0.717, 1.165) is 44.0 Å². The molecule has 136 valence electrons. The molecule has 1 aromatic heterocycles. The van der Waals surface area contributed by atoms with Gasteiger partial charge in [-0.25, -0.2) is 4.39 Å². The Morgan fingerprint density at radius 1 is 1.28 bits per heavy atom. The molecule has 25 heavy (non-hydrogen) atoms. The minimum atomic E-state index is -0.213. The predicted molar refractivity (Wildman–Crippen MR) is 95.0 cm³/mol. The van der Waals surface area contributed by atoms with Crippen LogP contribution in [0.15, 0.2) is 22.7 Å². The number of aromatic nitrogens is 2. The molecule has 6 nitrogen and oxygen atoms in total. The lowest BCUT2D eigenvalue weighted by atomic mass is 10.0. The molecule has 3 rings (SSSR count). The van der Waals surface area contributed by atoms with E-state index in [1.54, 1.807) is 19.1 Å². The SMILES string of the molecule is CCN1CCN(c2ccc(F)cc2[C@@H](C)NCc2noc(C)n2)CC1. The van der Waals surface area contributed by atoms with Crippen LogP contribution in [0.4, 0.5) is 10.1 Å². The molecule has 2 aromatic rings. The van der Waals surface area contributed by atoms with Crippen molar-refractivity contribution in [2.75, 3.05) is 37.6 Å². The lowest BCUT2D eigenvalue weighted by Crippen LogP contribution is -2.46. The van der Waals surface area contributed by atoms with Gasteiger partial charge in [-0.1, -0.05) is 12.1 Å². The monoisotopic (exact) mass is 347 g/mol. The van der Waals surface area contributed by atoms with E-state index in [2.05, 4.69) is 32.2 Å². The Labute approximate surface area is 148 Å². The third kappa shape index (κ3) is 4.35. The van der Waals surface area contributed by atoms with Crippen LogP contribution in [0.1, 0.15) is 37.2 Å². The van der Waals surface area contributed by atoms with Crippen LogP contribution in [0, 0.1) is 12.7 Å². The lowest BCUT2D eigenvalue weighted by Gasteiger charge is -2.37. The summed E-state index contributed by atoms with van der Waals surface area (Å²) in [6, 6.07) is 5.04. The van der Waals surface area contributed by atoms with E-state index in [1.165, 1.54) is 0 Å². The highest BCUT2D eigenvalue weighted by atomic mass is 19.1. The quantitative estimate of drug-likeness (QED) is 0.866. The summed E-state index contributed by atoms with van der Waals surface area (Å²) >= 11 is 0. The van der Waals surface area contributed by atoms with Crippen molar-refractivity contribution in [2.24, 2.45) is 0 Å². The lowest BCUT2D eigenvalue weighted by molar-refractivity contribution is 0.271. The number of likely N-dealkylation sites (N-methyl/N-ethyl adjacent to an activating group) is 1. The van der Waals surface area contributed by atoms with Gasteiger partial charge in [0.25, 0.3) is 0 Å². The van der Waals surface area contributed by atoms with Gasteiger partial charge >= 0.3 is 0 Å². The number of rotatable bonds is 6. The Morgan fingerprint density at radius 2 is 2.04 bits per heavy atom. The summed E-state index contributed by atoms with van der Waals surface area (Å²) in [6.07, 6.45) is 0. The molecular formula is C18H26FN5O. The Bertz CT molecular complexity index is 697. The maximum atomic E-state index is 13.9. The number of hydrogen-bond acceptors (Lipinski definition) is 6. The highest BCUT2D eigenvalue weighted by Gasteiger charge is 2.21. The van der Waals surface area contributed by atoms with Gasteiger partial charge in [-0.2, -0.15) is 4.98 Å². The van der Waals surface area contributed by atoms with Crippen molar-refractivity contribution in [3.05, 3.63) is 41.3 Å². The van der Waals surface area contributed by atoms with Gasteiger partial charge in [0, 0.05) is 44.8 Å². The number of aryl methyl sites for hydroxylation is 1. The maximum Gasteiger partial charge on any atom is 0.223 e. The highest BCUT2D eigenvalue weighted by Crippen LogP contribution is 2.28. The van der Waals surface area contributed by atoms with Crippen molar-refractivity contribution < 1.29 is 8.91 Å². The average Bonchev–Trinajstić information content (AvgIpc) is 3.05. The predicted octanol–water partition coefficient (Wildman–Crippen LogP) is 2.51. The van der Waals surface area contributed by atoms with Crippen molar-refractivity contribution in [2.45, 2.75) is 33.4 Å². The summed E-state index contributed by atoms with van der Waals surface area (Å²) in [5.41, 5.74) is 2.06. The first kappa shape index (κ1) is 17.8. The van der Waals surface area contributed by atoms with Crippen molar-refractivity contribution in [3.8, 4) is 0 Å². The minimum absolute atomic E-state index is 0.0197. The van der Waals surface area contributed by atoms with E-state index in [-0.39, 0.29) is 11.9 Å². The number of nitrogens with one attached hydrogen (secondary N) is 1. The second-order valence-electron chi connectivity index (χ2n) is 6.46. The van der Waals surface area contributed by atoms with Gasteiger partial charge in [-0.3, -0.25) is 0 Å². The van der Waals surface area contributed by atoms with Crippen molar-refractivity contribution >= 4 is 5.69 Å². The molecule has 1 fully saturated rings. The van der Waals surface area contributed by atoms with Crippen LogP contribution in [0.5, 0.6) is 0 Å². The number of nitrogens with zero attached hydrogens (tertiary/aromatic N) is 4. The number of anilines is 1. The summed E-state index contributed by atoms with van der Waals surface area (Å²) in [5, 5.41) is 7.26. The normalized spacial score (nSPS) is 17.0. The highest BCUT2D eigenvalue weighted by molar-refractivity contribution is 5.55. The Hall–Kier alpha value is -1.99. The maximum absolute atomic E-state index is 13.9. The van der Waals surface area contributed by atoms with Gasteiger partial charge in [0.05, 0.1) is 6.54 Å². The Morgan fingerprint density at radius 3 is 2.68 bits per heavy atom. The number of halogens is 1. The van der Waals surface area contributed by atoms with E-state index < -0.39 is 0 Å². The molecular weight excluding hydrogens is 321 g/mol. The summed E-state index contributed by atoms with van der Waals surface area (Å²) in [4.78, 5) is 8.97. The van der Waals surface area contributed by atoms with Crippen molar-refractivity contribution in [1.82, 2.24) is 20.4 Å². The molecule has 1 aliphatic rings. The molecule has 1 saturated heterocycles. The first-order valence-corrected chi connectivity index (χ1v) is 8.86. The minimum Gasteiger partial charge on any atom is -0.369 e. The van der Waals surface area contributed by atoms with Crippen LogP contribution in [-0.4, -0.2) is 47.8 Å². The number of hydrogen-bond donors (Lipinski definition) is 1. The first-order chi connectivity index (χ1) is 12.1. The molecule has 0 spiro atoms. The van der Waals surface area contributed by atoms with E-state index in [9.17, 15) is 4.39 Å². The van der Waals surface area contributed by atoms with E-state index in [1.807, 2.05) is 13.0 Å². The molecule has 0 amide bonds. The van der Waals surface area contributed by atoms with Crippen molar-refractivity contribution in [1.29, 1.82) is 0 Å². The molecule has 1 N–H and O–H groups in total. The van der Waals surface area contributed by atoms with Gasteiger partial charge in [-0.05, 0) is 37.2 Å². The smallest absolute Gasteiger partial charge is 0.223 e. The summed E-state index contributed by atoms with van der Waals surface area (Å²) < 4.78 is 18.9. The van der Waals surface area contributed by atoms with E-state index in [0.29, 0.717) is 18.3 Å². The largest absolute Gasteiger partial charge is 0.369 e. The van der Waals surface area contributed by atoms with Crippen molar-refractivity contribution in [3.63, 3.8) is 0 Å². The van der Waals surface area contributed by atoms with Gasteiger partial charge in [-0.15, -0.1) is 0 Å². The third-order valence-corrected chi connectivity index (χ3v) is 4.75. The van der Waals surface area contributed by atoms with E-state index >= 15 is 0 Å². The van der Waals surface area contributed by atoms with Gasteiger partial charge in [0.2, 0.25) is 5.89 Å². The molecule has 0 radical (unpaired) electrons. The second kappa shape index (κ2) is 7.93. The average molecular weight is 347 g/mol. The molecule has 0 aliphatic carbocycles. The molecule has 2 heterocycles. The molecule has 0 saturated carbocycles. The number of benzene rings is 1. The molecule has 0 unspecified atom stereocenters. The summed E-state index contributed by atoms with van der Waals surface area (Å²) in [7, 11) is 0. The van der Waals surface area contributed by atoms with E-state index in [4.69, 9.17) is 4.52 Å². The Balaban J connectivity index is 1.72. The first-order valence-electron chi connectivity index (χ1n) is 8.86.